The number of hydrogen-bond acceptors (Lipinski definition) is 6. The number of nitrogens with zero attached hydrogens (tertiary/aromatic N) is 5. The van der Waals surface area contributed by atoms with Crippen molar-refractivity contribution in [2.75, 3.05) is 5.75 Å². The minimum Gasteiger partial charge on any atom is -0.493 e. The number of fused-ring (bicyclic) bond motifs is 1. The molecule has 0 fully saturated rings. The van der Waals surface area contributed by atoms with Crippen LogP contribution in [0.3, 0.4) is 0 Å². The SMILES string of the molecule is Cc1ccc(-n2c(SCC(=O)N=Nc3c(O)[nH]c4ccccc34)nnc2-c2ccc(C(C)(C)C)cc2)cc1. The van der Waals surface area contributed by atoms with Crippen molar-refractivity contribution in [3.63, 3.8) is 0 Å². The van der Waals surface area contributed by atoms with E-state index in [1.165, 1.54) is 17.3 Å². The average Bonchev–Trinajstić information content (AvgIpc) is 3.46. The Labute approximate surface area is 224 Å². The highest BCUT2D eigenvalue weighted by Gasteiger charge is 2.19. The number of azo groups is 1. The molecule has 9 heteroatoms. The fourth-order valence-corrected chi connectivity index (χ4v) is 4.80. The molecule has 0 aliphatic heterocycles. The maximum absolute atomic E-state index is 12.6. The molecule has 3 aromatic carbocycles. The summed E-state index contributed by atoms with van der Waals surface area (Å²) < 4.78 is 1.95. The molecule has 5 aromatic rings. The second-order valence-electron chi connectivity index (χ2n) is 10.1. The molecule has 0 saturated carbocycles. The molecule has 0 saturated heterocycles. The van der Waals surface area contributed by atoms with Gasteiger partial charge in [0.1, 0.15) is 0 Å². The minimum atomic E-state index is -0.450. The van der Waals surface area contributed by atoms with Crippen molar-refractivity contribution in [3.05, 3.63) is 83.9 Å². The zero-order valence-corrected chi connectivity index (χ0v) is 22.5. The third-order valence-corrected chi connectivity index (χ3v) is 7.09. The summed E-state index contributed by atoms with van der Waals surface area (Å²) in [6.45, 7) is 8.58. The summed E-state index contributed by atoms with van der Waals surface area (Å²) in [5.41, 5.74) is 5.20. The molecule has 5 rings (SSSR count). The Bertz CT molecular complexity index is 1630. The number of rotatable bonds is 6. The van der Waals surface area contributed by atoms with Gasteiger partial charge in [-0.15, -0.1) is 20.4 Å². The van der Waals surface area contributed by atoms with E-state index in [0.29, 0.717) is 16.4 Å². The van der Waals surface area contributed by atoms with Gasteiger partial charge in [-0.2, -0.15) is 0 Å². The Balaban J connectivity index is 1.41. The first-order valence-corrected chi connectivity index (χ1v) is 13.2. The van der Waals surface area contributed by atoms with Gasteiger partial charge in [-0.3, -0.25) is 9.36 Å². The first kappa shape index (κ1) is 25.4. The normalized spacial score (nSPS) is 12.0. The summed E-state index contributed by atoms with van der Waals surface area (Å²) in [7, 11) is 0. The second kappa shape index (κ2) is 10.3. The number of carbonyl (C=O) groups excluding carboxylic acids is 1. The van der Waals surface area contributed by atoms with E-state index in [0.717, 1.165) is 22.3 Å². The molecule has 2 heterocycles. The van der Waals surface area contributed by atoms with Gasteiger partial charge in [-0.25, -0.2) is 0 Å². The summed E-state index contributed by atoms with van der Waals surface area (Å²) in [4.78, 5) is 15.5. The van der Waals surface area contributed by atoms with Gasteiger partial charge in [0.05, 0.1) is 11.3 Å². The number of thioether (sulfide) groups is 1. The molecule has 1 amide bonds. The number of aryl methyl sites for hydroxylation is 1. The number of nitrogens with one attached hydrogen (secondary N) is 1. The van der Waals surface area contributed by atoms with Crippen molar-refractivity contribution in [2.45, 2.75) is 38.3 Å². The van der Waals surface area contributed by atoms with Crippen molar-refractivity contribution >= 4 is 34.3 Å². The molecule has 0 spiro atoms. The van der Waals surface area contributed by atoms with Crippen LogP contribution in [-0.4, -0.2) is 36.5 Å². The van der Waals surface area contributed by atoms with Crippen LogP contribution in [0.1, 0.15) is 31.9 Å². The van der Waals surface area contributed by atoms with E-state index in [1.807, 2.05) is 54.0 Å². The fraction of sp³-hybridized carbons (Fsp3) is 0.207. The van der Waals surface area contributed by atoms with Gasteiger partial charge in [-0.1, -0.05) is 92.7 Å². The number of carbonyl (C=O) groups is 1. The van der Waals surface area contributed by atoms with E-state index in [-0.39, 0.29) is 22.7 Å². The van der Waals surface area contributed by atoms with Crippen LogP contribution in [-0.2, 0) is 10.2 Å². The molecule has 0 radical (unpaired) electrons. The van der Waals surface area contributed by atoms with E-state index >= 15 is 0 Å². The summed E-state index contributed by atoms with van der Waals surface area (Å²) >= 11 is 1.24. The lowest BCUT2D eigenvalue weighted by atomic mass is 9.87. The molecule has 0 bridgehead atoms. The third kappa shape index (κ3) is 5.24. The Morgan fingerprint density at radius 1 is 1.00 bits per heavy atom. The highest BCUT2D eigenvalue weighted by Crippen LogP contribution is 2.35. The maximum Gasteiger partial charge on any atom is 0.275 e. The topological polar surface area (TPSA) is 109 Å². The summed E-state index contributed by atoms with van der Waals surface area (Å²) in [5, 5.41) is 28.2. The van der Waals surface area contributed by atoms with Crippen LogP contribution < -0.4 is 0 Å². The number of H-pyrrole nitrogens is 1. The lowest BCUT2D eigenvalue weighted by Gasteiger charge is -2.19. The zero-order valence-electron chi connectivity index (χ0n) is 21.6. The zero-order chi connectivity index (χ0) is 26.9. The molecule has 192 valence electrons. The number of para-hydroxylation sites is 1. The Hall–Kier alpha value is -4.24. The largest absolute Gasteiger partial charge is 0.493 e. The molecule has 2 aromatic heterocycles. The predicted octanol–water partition coefficient (Wildman–Crippen LogP) is 7.13. The minimum absolute atomic E-state index is 0.0135. The third-order valence-electron chi connectivity index (χ3n) is 6.18. The quantitative estimate of drug-likeness (QED) is 0.181. The van der Waals surface area contributed by atoms with Crippen LogP contribution in [0, 0.1) is 6.92 Å². The number of hydrogen-bond donors (Lipinski definition) is 2. The maximum atomic E-state index is 12.6. The van der Waals surface area contributed by atoms with Gasteiger partial charge in [-0.05, 0) is 36.1 Å². The van der Waals surface area contributed by atoms with E-state index in [1.54, 1.807) is 6.07 Å². The Kier molecular flexibility index (Phi) is 6.86. The molecule has 0 aliphatic carbocycles. The number of amides is 1. The highest BCUT2D eigenvalue weighted by atomic mass is 32.2. The molecule has 2 N–H and O–H groups in total. The smallest absolute Gasteiger partial charge is 0.275 e. The van der Waals surface area contributed by atoms with Gasteiger partial charge in [0.15, 0.2) is 16.7 Å². The van der Waals surface area contributed by atoms with Gasteiger partial charge in [0, 0.05) is 16.6 Å². The highest BCUT2D eigenvalue weighted by molar-refractivity contribution is 7.99. The summed E-state index contributed by atoms with van der Waals surface area (Å²) in [5.74, 6) is 0.125. The molecule has 38 heavy (non-hydrogen) atoms. The first-order chi connectivity index (χ1) is 18.2. The van der Waals surface area contributed by atoms with Crippen LogP contribution >= 0.6 is 11.8 Å². The molecular formula is C29H28N6O2S. The van der Waals surface area contributed by atoms with Crippen molar-refractivity contribution < 1.29 is 9.90 Å². The van der Waals surface area contributed by atoms with Crippen LogP contribution in [0.5, 0.6) is 5.88 Å². The lowest BCUT2D eigenvalue weighted by Crippen LogP contribution is -2.10. The van der Waals surface area contributed by atoms with Crippen LogP contribution in [0.2, 0.25) is 0 Å². The first-order valence-electron chi connectivity index (χ1n) is 12.2. The van der Waals surface area contributed by atoms with Crippen molar-refractivity contribution in [1.82, 2.24) is 19.7 Å². The number of aromatic nitrogens is 4. The van der Waals surface area contributed by atoms with Crippen molar-refractivity contribution in [3.8, 4) is 23.0 Å². The number of benzene rings is 3. The molecule has 8 nitrogen and oxygen atoms in total. The number of aromatic amines is 1. The van der Waals surface area contributed by atoms with Crippen molar-refractivity contribution in [1.29, 1.82) is 0 Å². The summed E-state index contributed by atoms with van der Waals surface area (Å²) in [6.07, 6.45) is 0. The average molecular weight is 525 g/mol. The van der Waals surface area contributed by atoms with Crippen LogP contribution in [0.4, 0.5) is 5.69 Å². The van der Waals surface area contributed by atoms with Crippen LogP contribution in [0.15, 0.2) is 88.2 Å². The van der Waals surface area contributed by atoms with E-state index in [9.17, 15) is 9.90 Å². The van der Waals surface area contributed by atoms with Crippen molar-refractivity contribution in [2.24, 2.45) is 10.2 Å². The standard InChI is InChI=1S/C29H28N6O2S/c1-18-9-15-21(16-10-18)35-26(19-11-13-20(14-12-19)29(2,3)4)33-34-28(35)38-17-24(36)31-32-25-22-7-5-6-8-23(22)30-27(25)37/h5-16,30,37H,17H2,1-4H3. The van der Waals surface area contributed by atoms with E-state index < -0.39 is 5.91 Å². The fourth-order valence-electron chi connectivity index (χ4n) is 4.07. The van der Waals surface area contributed by atoms with Gasteiger partial charge in [0.25, 0.3) is 5.91 Å². The lowest BCUT2D eigenvalue weighted by molar-refractivity contribution is -0.115. The molecule has 0 atom stereocenters. The van der Waals surface area contributed by atoms with Gasteiger partial charge < -0.3 is 10.1 Å². The Morgan fingerprint density at radius 3 is 2.42 bits per heavy atom. The molecular weight excluding hydrogens is 496 g/mol. The monoisotopic (exact) mass is 524 g/mol. The van der Waals surface area contributed by atoms with Gasteiger partial charge in [0.2, 0.25) is 5.88 Å². The van der Waals surface area contributed by atoms with Gasteiger partial charge >= 0.3 is 0 Å². The predicted molar refractivity (Wildman–Crippen MR) is 150 cm³/mol. The summed E-state index contributed by atoms with van der Waals surface area (Å²) in [6, 6.07) is 23.7. The van der Waals surface area contributed by atoms with E-state index in [2.05, 4.69) is 70.4 Å². The van der Waals surface area contributed by atoms with E-state index in [4.69, 9.17) is 0 Å². The molecule has 0 aliphatic rings. The second-order valence-corrected chi connectivity index (χ2v) is 11.0. The Morgan fingerprint density at radius 2 is 1.71 bits per heavy atom. The number of aromatic hydroxyl groups is 1. The van der Waals surface area contributed by atoms with Crippen LogP contribution in [0.25, 0.3) is 28.0 Å². The molecule has 0 unspecified atom stereocenters.